The lowest BCUT2D eigenvalue weighted by molar-refractivity contribution is 1.29. The normalized spacial score (nSPS) is 9.95. The van der Waals surface area contributed by atoms with Crippen LogP contribution in [0.5, 0.6) is 0 Å². The number of halogens is 1. The standard InChI is InChI=1S/C17H10BrN/c18-17-14(10-11-15-6-3-4-12-19-15)9-8-13-5-1-2-7-16(13)17/h1-9,12H. The van der Waals surface area contributed by atoms with Gasteiger partial charge in [-0.15, -0.1) is 0 Å². The molecule has 0 aliphatic heterocycles. The average molecular weight is 308 g/mol. The summed E-state index contributed by atoms with van der Waals surface area (Å²) in [5, 5.41) is 2.38. The number of benzene rings is 2. The van der Waals surface area contributed by atoms with Gasteiger partial charge in [-0.05, 0) is 50.8 Å². The third kappa shape index (κ3) is 2.52. The monoisotopic (exact) mass is 307 g/mol. The molecule has 2 heteroatoms. The lowest BCUT2D eigenvalue weighted by Crippen LogP contribution is -1.83. The fourth-order valence-electron chi connectivity index (χ4n) is 1.90. The number of pyridine rings is 1. The van der Waals surface area contributed by atoms with Gasteiger partial charge < -0.3 is 0 Å². The van der Waals surface area contributed by atoms with Crippen LogP contribution >= 0.6 is 15.9 Å². The number of hydrogen-bond acceptors (Lipinski definition) is 1. The average Bonchev–Trinajstić information content (AvgIpc) is 2.48. The summed E-state index contributed by atoms with van der Waals surface area (Å²) < 4.78 is 1.04. The Morgan fingerprint density at radius 3 is 2.53 bits per heavy atom. The van der Waals surface area contributed by atoms with Crippen molar-refractivity contribution in [2.24, 2.45) is 0 Å². The summed E-state index contributed by atoms with van der Waals surface area (Å²) in [4.78, 5) is 4.20. The molecule has 1 heterocycles. The predicted octanol–water partition coefficient (Wildman–Crippen LogP) is 4.40. The molecular weight excluding hydrogens is 298 g/mol. The van der Waals surface area contributed by atoms with E-state index in [0.29, 0.717) is 0 Å². The molecule has 0 saturated carbocycles. The zero-order chi connectivity index (χ0) is 13.1. The van der Waals surface area contributed by atoms with Gasteiger partial charge in [-0.3, -0.25) is 0 Å². The highest BCUT2D eigenvalue weighted by Gasteiger charge is 2.02. The molecule has 0 spiro atoms. The minimum absolute atomic E-state index is 0.780. The van der Waals surface area contributed by atoms with Crippen molar-refractivity contribution in [3.05, 3.63) is 76.5 Å². The van der Waals surface area contributed by atoms with Crippen molar-refractivity contribution >= 4 is 26.7 Å². The SMILES string of the molecule is Brc1c(C#Cc2ccccn2)ccc2ccccc12. The van der Waals surface area contributed by atoms with Crippen LogP contribution < -0.4 is 0 Å². The summed E-state index contributed by atoms with van der Waals surface area (Å²) in [6.45, 7) is 0. The van der Waals surface area contributed by atoms with Gasteiger partial charge in [0.25, 0.3) is 0 Å². The topological polar surface area (TPSA) is 12.9 Å². The van der Waals surface area contributed by atoms with Gasteiger partial charge in [0.05, 0.1) is 0 Å². The summed E-state index contributed by atoms with van der Waals surface area (Å²) in [6, 6.07) is 18.1. The summed E-state index contributed by atoms with van der Waals surface area (Å²) in [7, 11) is 0. The molecule has 0 aliphatic carbocycles. The third-order valence-corrected chi connectivity index (χ3v) is 3.71. The molecule has 0 unspecified atom stereocenters. The second kappa shape index (κ2) is 5.26. The molecule has 0 amide bonds. The van der Waals surface area contributed by atoms with Crippen LogP contribution in [0.15, 0.2) is 65.3 Å². The molecule has 0 saturated heterocycles. The summed E-state index contributed by atoms with van der Waals surface area (Å²) in [5.74, 6) is 6.24. The number of aromatic nitrogens is 1. The third-order valence-electron chi connectivity index (χ3n) is 2.85. The highest BCUT2D eigenvalue weighted by molar-refractivity contribution is 9.10. The van der Waals surface area contributed by atoms with Crippen molar-refractivity contribution in [1.82, 2.24) is 4.98 Å². The predicted molar refractivity (Wildman–Crippen MR) is 81.9 cm³/mol. The van der Waals surface area contributed by atoms with Crippen molar-refractivity contribution in [2.75, 3.05) is 0 Å². The van der Waals surface area contributed by atoms with Crippen LogP contribution in [-0.4, -0.2) is 4.98 Å². The zero-order valence-electron chi connectivity index (χ0n) is 10.1. The zero-order valence-corrected chi connectivity index (χ0v) is 11.7. The Morgan fingerprint density at radius 2 is 1.68 bits per heavy atom. The van der Waals surface area contributed by atoms with Crippen LogP contribution in [-0.2, 0) is 0 Å². The first-order valence-electron chi connectivity index (χ1n) is 5.95. The van der Waals surface area contributed by atoms with E-state index in [0.717, 1.165) is 15.7 Å². The summed E-state index contributed by atoms with van der Waals surface area (Å²) >= 11 is 3.63. The van der Waals surface area contributed by atoms with Gasteiger partial charge in [-0.2, -0.15) is 0 Å². The maximum Gasteiger partial charge on any atom is 0.113 e. The second-order valence-electron chi connectivity index (χ2n) is 4.11. The molecule has 19 heavy (non-hydrogen) atoms. The van der Waals surface area contributed by atoms with Crippen LogP contribution in [0, 0.1) is 11.8 Å². The number of hydrogen-bond donors (Lipinski definition) is 0. The van der Waals surface area contributed by atoms with E-state index < -0.39 is 0 Å². The molecule has 1 nitrogen and oxygen atoms in total. The molecule has 0 N–H and O–H groups in total. The molecular formula is C17H10BrN. The highest BCUT2D eigenvalue weighted by Crippen LogP contribution is 2.27. The molecule has 0 aliphatic rings. The van der Waals surface area contributed by atoms with Crippen molar-refractivity contribution < 1.29 is 0 Å². The minimum Gasteiger partial charge on any atom is -0.248 e. The Kier molecular flexibility index (Phi) is 3.31. The smallest absolute Gasteiger partial charge is 0.113 e. The van der Waals surface area contributed by atoms with Crippen LogP contribution in [0.2, 0.25) is 0 Å². The lowest BCUT2D eigenvalue weighted by Gasteiger charge is -2.02. The first kappa shape index (κ1) is 12.0. The molecule has 0 radical (unpaired) electrons. The van der Waals surface area contributed by atoms with Crippen molar-refractivity contribution in [3.63, 3.8) is 0 Å². The van der Waals surface area contributed by atoms with Crippen molar-refractivity contribution in [1.29, 1.82) is 0 Å². The Hall–Kier alpha value is -2.11. The van der Waals surface area contributed by atoms with Crippen molar-refractivity contribution in [2.45, 2.75) is 0 Å². The van der Waals surface area contributed by atoms with Crippen LogP contribution in [0.25, 0.3) is 10.8 Å². The maximum absolute atomic E-state index is 4.20. The quantitative estimate of drug-likeness (QED) is 0.561. The van der Waals surface area contributed by atoms with Gasteiger partial charge in [-0.1, -0.05) is 42.3 Å². The number of nitrogens with zero attached hydrogens (tertiary/aromatic N) is 1. The lowest BCUT2D eigenvalue weighted by atomic mass is 10.1. The molecule has 0 bridgehead atoms. The van der Waals surface area contributed by atoms with E-state index in [9.17, 15) is 0 Å². The van der Waals surface area contributed by atoms with Gasteiger partial charge >= 0.3 is 0 Å². The maximum atomic E-state index is 4.20. The Labute approximate surface area is 120 Å². The van der Waals surface area contributed by atoms with Crippen LogP contribution in [0.3, 0.4) is 0 Å². The van der Waals surface area contributed by atoms with E-state index in [2.05, 4.69) is 51.0 Å². The highest BCUT2D eigenvalue weighted by atomic mass is 79.9. The Morgan fingerprint density at radius 1 is 0.842 bits per heavy atom. The second-order valence-corrected chi connectivity index (χ2v) is 4.91. The number of fused-ring (bicyclic) bond motifs is 1. The van der Waals surface area contributed by atoms with Crippen LogP contribution in [0.4, 0.5) is 0 Å². The molecule has 2 aromatic carbocycles. The Balaban J connectivity index is 2.08. The van der Waals surface area contributed by atoms with Crippen molar-refractivity contribution in [3.8, 4) is 11.8 Å². The van der Waals surface area contributed by atoms with Gasteiger partial charge in [0.1, 0.15) is 5.69 Å². The van der Waals surface area contributed by atoms with Gasteiger partial charge in [0.15, 0.2) is 0 Å². The van der Waals surface area contributed by atoms with Gasteiger partial charge in [0.2, 0.25) is 0 Å². The van der Waals surface area contributed by atoms with E-state index in [1.807, 2.05) is 36.4 Å². The Bertz CT molecular complexity index is 782. The molecule has 3 rings (SSSR count). The van der Waals surface area contributed by atoms with E-state index in [4.69, 9.17) is 0 Å². The molecule has 1 aromatic heterocycles. The van der Waals surface area contributed by atoms with Crippen LogP contribution in [0.1, 0.15) is 11.3 Å². The fourth-order valence-corrected chi connectivity index (χ4v) is 2.49. The van der Waals surface area contributed by atoms with Gasteiger partial charge in [0, 0.05) is 16.2 Å². The first-order valence-corrected chi connectivity index (χ1v) is 6.74. The molecule has 90 valence electrons. The van der Waals surface area contributed by atoms with E-state index in [1.165, 1.54) is 10.8 Å². The molecule has 3 aromatic rings. The van der Waals surface area contributed by atoms with E-state index in [1.54, 1.807) is 6.20 Å². The summed E-state index contributed by atoms with van der Waals surface area (Å²) in [6.07, 6.45) is 1.75. The molecule has 0 atom stereocenters. The van der Waals surface area contributed by atoms with E-state index >= 15 is 0 Å². The molecule has 0 fully saturated rings. The van der Waals surface area contributed by atoms with E-state index in [-0.39, 0.29) is 0 Å². The summed E-state index contributed by atoms with van der Waals surface area (Å²) in [5.41, 5.74) is 1.76. The minimum atomic E-state index is 0.780. The number of rotatable bonds is 0. The fraction of sp³-hybridized carbons (Fsp3) is 0. The first-order chi connectivity index (χ1) is 9.34. The largest absolute Gasteiger partial charge is 0.248 e. The van der Waals surface area contributed by atoms with Gasteiger partial charge in [-0.25, -0.2) is 4.98 Å².